The Bertz CT molecular complexity index is 469. The summed E-state index contributed by atoms with van der Waals surface area (Å²) in [5.41, 5.74) is -0.0843. The summed E-state index contributed by atoms with van der Waals surface area (Å²) in [6, 6.07) is 2.04. The van der Waals surface area contributed by atoms with Crippen LogP contribution in [-0.4, -0.2) is 29.2 Å². The summed E-state index contributed by atoms with van der Waals surface area (Å²) in [4.78, 5) is 11.8. The fourth-order valence-electron chi connectivity index (χ4n) is 1.89. The minimum absolute atomic E-state index is 0.161. The standard InChI is InChI=1S/C10H10ClFN2O3/c11-7-3-10(14(16)17)9(4-8(7)12)13-2-1-6(15)5-13/h3-4,6,15H,1-2,5H2/t6-/m0/s1. The minimum atomic E-state index is -0.700. The number of nitrogens with zero attached hydrogens (tertiary/aromatic N) is 2. The van der Waals surface area contributed by atoms with E-state index in [4.69, 9.17) is 11.6 Å². The Balaban J connectivity index is 2.44. The lowest BCUT2D eigenvalue weighted by Gasteiger charge is -2.17. The minimum Gasteiger partial charge on any atom is -0.391 e. The summed E-state index contributed by atoms with van der Waals surface area (Å²) in [7, 11) is 0. The summed E-state index contributed by atoms with van der Waals surface area (Å²) < 4.78 is 13.3. The molecule has 1 fully saturated rings. The molecular weight excluding hydrogens is 251 g/mol. The SMILES string of the molecule is O=[N+]([O-])c1cc(Cl)c(F)cc1N1CC[C@H](O)C1. The van der Waals surface area contributed by atoms with Gasteiger partial charge < -0.3 is 10.0 Å². The van der Waals surface area contributed by atoms with Gasteiger partial charge in [0, 0.05) is 25.2 Å². The molecule has 92 valence electrons. The van der Waals surface area contributed by atoms with Crippen molar-refractivity contribution in [3.63, 3.8) is 0 Å². The van der Waals surface area contributed by atoms with Gasteiger partial charge in [0.05, 0.1) is 16.0 Å². The smallest absolute Gasteiger partial charge is 0.294 e. The number of benzene rings is 1. The van der Waals surface area contributed by atoms with Crippen molar-refractivity contribution in [3.05, 3.63) is 33.1 Å². The molecule has 2 rings (SSSR count). The third kappa shape index (κ3) is 2.32. The fraction of sp³-hybridized carbons (Fsp3) is 0.400. The Hall–Kier alpha value is -1.40. The van der Waals surface area contributed by atoms with Crippen molar-refractivity contribution in [1.82, 2.24) is 0 Å². The molecule has 0 saturated carbocycles. The summed E-state index contributed by atoms with van der Waals surface area (Å²) in [5.74, 6) is -0.700. The van der Waals surface area contributed by atoms with E-state index in [1.54, 1.807) is 4.90 Å². The van der Waals surface area contributed by atoms with E-state index in [9.17, 15) is 19.6 Å². The summed E-state index contributed by atoms with van der Waals surface area (Å²) in [5, 5.41) is 20.0. The van der Waals surface area contributed by atoms with Crippen molar-refractivity contribution in [2.45, 2.75) is 12.5 Å². The zero-order valence-electron chi connectivity index (χ0n) is 8.77. The molecule has 17 heavy (non-hydrogen) atoms. The number of aliphatic hydroxyl groups is 1. The van der Waals surface area contributed by atoms with Gasteiger partial charge in [0.1, 0.15) is 11.5 Å². The molecule has 0 aromatic heterocycles. The summed E-state index contributed by atoms with van der Waals surface area (Å²) in [6.45, 7) is 0.727. The second-order valence-electron chi connectivity index (χ2n) is 3.90. The second-order valence-corrected chi connectivity index (χ2v) is 4.31. The zero-order valence-corrected chi connectivity index (χ0v) is 9.52. The number of hydrogen-bond acceptors (Lipinski definition) is 4. The third-order valence-electron chi connectivity index (χ3n) is 2.72. The Morgan fingerprint density at radius 2 is 2.29 bits per heavy atom. The van der Waals surface area contributed by atoms with Gasteiger partial charge in [-0.05, 0) is 6.42 Å². The molecule has 1 aromatic rings. The van der Waals surface area contributed by atoms with Gasteiger partial charge in [0.25, 0.3) is 5.69 Å². The molecule has 7 heteroatoms. The van der Waals surface area contributed by atoms with Gasteiger partial charge in [0.15, 0.2) is 0 Å². The highest BCUT2D eigenvalue weighted by molar-refractivity contribution is 6.31. The molecule has 0 spiro atoms. The lowest BCUT2D eigenvalue weighted by Crippen LogP contribution is -2.22. The first-order valence-electron chi connectivity index (χ1n) is 5.05. The van der Waals surface area contributed by atoms with E-state index in [0.29, 0.717) is 13.0 Å². The van der Waals surface area contributed by atoms with E-state index in [1.165, 1.54) is 0 Å². The van der Waals surface area contributed by atoms with Crippen LogP contribution in [0.5, 0.6) is 0 Å². The maximum Gasteiger partial charge on any atom is 0.294 e. The van der Waals surface area contributed by atoms with Gasteiger partial charge in [-0.2, -0.15) is 0 Å². The van der Waals surface area contributed by atoms with E-state index in [2.05, 4.69) is 0 Å². The predicted octanol–water partition coefficient (Wildman–Crippen LogP) is 1.96. The largest absolute Gasteiger partial charge is 0.391 e. The molecule has 0 unspecified atom stereocenters. The van der Waals surface area contributed by atoms with E-state index in [1.807, 2.05) is 0 Å². The maximum absolute atomic E-state index is 13.3. The quantitative estimate of drug-likeness (QED) is 0.652. The molecule has 0 bridgehead atoms. The van der Waals surface area contributed by atoms with Crippen molar-refractivity contribution < 1.29 is 14.4 Å². The Kier molecular flexibility index (Phi) is 3.17. The number of hydrogen-bond donors (Lipinski definition) is 1. The van der Waals surface area contributed by atoms with Crippen LogP contribution in [0.15, 0.2) is 12.1 Å². The van der Waals surface area contributed by atoms with Crippen LogP contribution in [0.1, 0.15) is 6.42 Å². The predicted molar refractivity (Wildman–Crippen MR) is 60.9 cm³/mol. The summed E-state index contributed by atoms with van der Waals surface area (Å²) in [6.07, 6.45) is -0.0187. The average molecular weight is 261 g/mol. The van der Waals surface area contributed by atoms with Gasteiger partial charge in [-0.15, -0.1) is 0 Å². The molecule has 1 aliphatic rings. The van der Waals surface area contributed by atoms with Gasteiger partial charge >= 0.3 is 0 Å². The summed E-state index contributed by atoms with van der Waals surface area (Å²) >= 11 is 5.52. The number of nitro benzene ring substituents is 1. The molecule has 0 amide bonds. The third-order valence-corrected chi connectivity index (χ3v) is 3.01. The zero-order chi connectivity index (χ0) is 12.6. The average Bonchev–Trinajstić information content (AvgIpc) is 2.68. The lowest BCUT2D eigenvalue weighted by molar-refractivity contribution is -0.384. The highest BCUT2D eigenvalue weighted by Gasteiger charge is 2.27. The van der Waals surface area contributed by atoms with Crippen LogP contribution >= 0.6 is 11.6 Å². The van der Waals surface area contributed by atoms with E-state index >= 15 is 0 Å². The molecule has 1 N–H and O–H groups in total. The highest BCUT2D eigenvalue weighted by Crippen LogP contribution is 2.34. The van der Waals surface area contributed by atoms with E-state index in [0.717, 1.165) is 12.1 Å². The monoisotopic (exact) mass is 260 g/mol. The molecule has 1 aromatic carbocycles. The van der Waals surface area contributed by atoms with E-state index in [-0.39, 0.29) is 22.9 Å². The molecule has 0 radical (unpaired) electrons. The van der Waals surface area contributed by atoms with Crippen LogP contribution in [0.3, 0.4) is 0 Å². The number of rotatable bonds is 2. The fourth-order valence-corrected chi connectivity index (χ4v) is 2.04. The normalized spacial score (nSPS) is 19.7. The number of nitro groups is 1. The molecule has 1 atom stereocenters. The number of halogens is 2. The molecule has 0 aliphatic carbocycles. The number of aliphatic hydroxyl groups excluding tert-OH is 1. The Morgan fingerprint density at radius 1 is 1.59 bits per heavy atom. The van der Waals surface area contributed by atoms with Crippen LogP contribution in [0.25, 0.3) is 0 Å². The van der Waals surface area contributed by atoms with Gasteiger partial charge in [-0.3, -0.25) is 10.1 Å². The van der Waals surface area contributed by atoms with Gasteiger partial charge in [-0.25, -0.2) is 4.39 Å². The van der Waals surface area contributed by atoms with Crippen molar-refractivity contribution in [2.75, 3.05) is 18.0 Å². The topological polar surface area (TPSA) is 66.6 Å². The van der Waals surface area contributed by atoms with Crippen LogP contribution in [0, 0.1) is 15.9 Å². The Morgan fingerprint density at radius 3 is 2.82 bits per heavy atom. The first kappa shape index (κ1) is 12.1. The number of anilines is 1. The van der Waals surface area contributed by atoms with E-state index < -0.39 is 16.8 Å². The van der Waals surface area contributed by atoms with Crippen LogP contribution < -0.4 is 4.90 Å². The van der Waals surface area contributed by atoms with Crippen molar-refractivity contribution in [1.29, 1.82) is 0 Å². The van der Waals surface area contributed by atoms with Crippen LogP contribution in [0.4, 0.5) is 15.8 Å². The van der Waals surface area contributed by atoms with Crippen molar-refractivity contribution in [3.8, 4) is 0 Å². The lowest BCUT2D eigenvalue weighted by atomic mass is 10.2. The first-order valence-corrected chi connectivity index (χ1v) is 5.43. The molecule has 1 heterocycles. The molecule has 1 aliphatic heterocycles. The van der Waals surface area contributed by atoms with Crippen LogP contribution in [-0.2, 0) is 0 Å². The van der Waals surface area contributed by atoms with Crippen molar-refractivity contribution >= 4 is 23.0 Å². The first-order chi connectivity index (χ1) is 7.99. The molecule has 5 nitrogen and oxygen atoms in total. The number of β-amino-alcohol motifs (C(OH)–C–C–N with tert-alkyl or cyclic N) is 1. The van der Waals surface area contributed by atoms with Gasteiger partial charge in [0.2, 0.25) is 0 Å². The molecular formula is C10H10ClFN2O3. The van der Waals surface area contributed by atoms with Crippen molar-refractivity contribution in [2.24, 2.45) is 0 Å². The maximum atomic E-state index is 13.3. The second kappa shape index (κ2) is 4.46. The highest BCUT2D eigenvalue weighted by atomic mass is 35.5. The molecule has 1 saturated heterocycles. The Labute approximate surface area is 102 Å². The van der Waals surface area contributed by atoms with Gasteiger partial charge in [-0.1, -0.05) is 11.6 Å². The van der Waals surface area contributed by atoms with Crippen LogP contribution in [0.2, 0.25) is 5.02 Å².